The van der Waals surface area contributed by atoms with Gasteiger partial charge in [0.25, 0.3) is 5.91 Å². The summed E-state index contributed by atoms with van der Waals surface area (Å²) in [6.45, 7) is 7.92. The number of amides is 1. The molecule has 0 bridgehead atoms. The van der Waals surface area contributed by atoms with Gasteiger partial charge in [-0.05, 0) is 49.7 Å². The van der Waals surface area contributed by atoms with E-state index in [0.29, 0.717) is 42.4 Å². The van der Waals surface area contributed by atoms with Gasteiger partial charge < -0.3 is 14.8 Å². The Kier molecular flexibility index (Phi) is 7.68. The molecular formula is C23H29N3O6S2. The molecule has 2 aromatic rings. The molecule has 0 saturated carbocycles. The summed E-state index contributed by atoms with van der Waals surface area (Å²) < 4.78 is 37.5. The summed E-state index contributed by atoms with van der Waals surface area (Å²) >= 11 is 1.40. The van der Waals surface area contributed by atoms with Crippen molar-refractivity contribution in [1.29, 1.82) is 0 Å². The number of carbonyl (C=O) groups is 2. The van der Waals surface area contributed by atoms with Crippen LogP contribution in [0.15, 0.2) is 29.2 Å². The number of nitrogens with zero attached hydrogens (tertiary/aromatic N) is 2. The summed E-state index contributed by atoms with van der Waals surface area (Å²) in [6.07, 6.45) is 0.720. The number of likely N-dealkylation sites (N-methyl/N-ethyl adjacent to an activating group) is 1. The third-order valence-electron chi connectivity index (χ3n) is 6.01. The van der Waals surface area contributed by atoms with Crippen LogP contribution in [0, 0.1) is 0 Å². The van der Waals surface area contributed by atoms with Crippen LogP contribution in [0.2, 0.25) is 0 Å². The van der Waals surface area contributed by atoms with E-state index in [2.05, 4.69) is 17.1 Å². The second-order valence-electron chi connectivity index (χ2n) is 8.04. The molecule has 2 aliphatic rings. The van der Waals surface area contributed by atoms with Crippen molar-refractivity contribution in [1.82, 2.24) is 9.21 Å². The number of nitrogens with one attached hydrogen (secondary N) is 1. The van der Waals surface area contributed by atoms with E-state index in [0.717, 1.165) is 36.5 Å². The molecular weight excluding hydrogens is 478 g/mol. The Morgan fingerprint density at radius 1 is 1.12 bits per heavy atom. The maximum absolute atomic E-state index is 13.0. The van der Waals surface area contributed by atoms with Gasteiger partial charge in [0.2, 0.25) is 10.0 Å². The van der Waals surface area contributed by atoms with Crippen LogP contribution in [-0.4, -0.2) is 75.5 Å². The highest BCUT2D eigenvalue weighted by molar-refractivity contribution is 7.89. The van der Waals surface area contributed by atoms with E-state index in [4.69, 9.17) is 9.47 Å². The van der Waals surface area contributed by atoms with Gasteiger partial charge in [-0.2, -0.15) is 4.31 Å². The Hall–Kier alpha value is -2.31. The Balaban J connectivity index is 1.55. The van der Waals surface area contributed by atoms with E-state index < -0.39 is 21.9 Å². The first-order chi connectivity index (χ1) is 16.3. The standard InChI is InChI=1S/C23H29N3O6S2/c1-3-25-10-9-18-19(15-25)33-22(20(18)23(28)32-4-2)24-21(27)16-5-7-17(8-6-16)34(29,30)26-11-13-31-14-12-26/h5-8H,3-4,9-15H2,1-2H3,(H,24,27). The number of carbonyl (C=O) groups excluding carboxylic acids is 2. The number of hydrogen-bond donors (Lipinski definition) is 1. The molecule has 1 N–H and O–H groups in total. The van der Waals surface area contributed by atoms with E-state index in [1.54, 1.807) is 6.92 Å². The third kappa shape index (κ3) is 5.03. The number of hydrogen-bond acceptors (Lipinski definition) is 8. The lowest BCUT2D eigenvalue weighted by atomic mass is 10.0. The second kappa shape index (κ2) is 10.5. The Morgan fingerprint density at radius 3 is 2.47 bits per heavy atom. The molecule has 1 fully saturated rings. The van der Waals surface area contributed by atoms with E-state index >= 15 is 0 Å². The topological polar surface area (TPSA) is 105 Å². The molecule has 1 amide bonds. The van der Waals surface area contributed by atoms with Crippen LogP contribution in [0.4, 0.5) is 5.00 Å². The number of sulfonamides is 1. The molecule has 1 aromatic heterocycles. The normalized spacial score (nSPS) is 17.2. The highest BCUT2D eigenvalue weighted by Crippen LogP contribution is 2.38. The molecule has 2 aliphatic heterocycles. The number of esters is 1. The van der Waals surface area contributed by atoms with E-state index in [1.807, 2.05) is 0 Å². The van der Waals surface area contributed by atoms with Gasteiger partial charge in [0.05, 0.1) is 30.3 Å². The molecule has 4 rings (SSSR count). The van der Waals surface area contributed by atoms with Gasteiger partial charge in [0.15, 0.2) is 0 Å². The van der Waals surface area contributed by atoms with Crippen molar-refractivity contribution in [2.24, 2.45) is 0 Å². The van der Waals surface area contributed by atoms with Gasteiger partial charge in [-0.25, -0.2) is 13.2 Å². The predicted octanol–water partition coefficient (Wildman–Crippen LogP) is 2.58. The average Bonchev–Trinajstić information content (AvgIpc) is 3.21. The van der Waals surface area contributed by atoms with Crippen molar-refractivity contribution in [3.8, 4) is 0 Å². The largest absolute Gasteiger partial charge is 0.462 e. The average molecular weight is 508 g/mol. The lowest BCUT2D eigenvalue weighted by Gasteiger charge is -2.26. The number of ether oxygens (including phenoxy) is 2. The van der Waals surface area contributed by atoms with Crippen LogP contribution < -0.4 is 5.32 Å². The number of rotatable bonds is 7. The highest BCUT2D eigenvalue weighted by atomic mass is 32.2. The third-order valence-corrected chi connectivity index (χ3v) is 9.06. The zero-order valence-corrected chi connectivity index (χ0v) is 21.0. The molecule has 0 aliphatic carbocycles. The summed E-state index contributed by atoms with van der Waals surface area (Å²) in [6, 6.07) is 5.84. The molecule has 0 radical (unpaired) electrons. The van der Waals surface area contributed by atoms with Crippen LogP contribution in [0.5, 0.6) is 0 Å². The highest BCUT2D eigenvalue weighted by Gasteiger charge is 2.30. The minimum Gasteiger partial charge on any atom is -0.462 e. The monoisotopic (exact) mass is 507 g/mol. The summed E-state index contributed by atoms with van der Waals surface area (Å²) in [7, 11) is -3.64. The molecule has 3 heterocycles. The maximum Gasteiger partial charge on any atom is 0.341 e. The molecule has 184 valence electrons. The minimum atomic E-state index is -3.64. The Labute approximate surface area is 203 Å². The zero-order chi connectivity index (χ0) is 24.3. The first kappa shape index (κ1) is 24.8. The first-order valence-corrected chi connectivity index (χ1v) is 13.6. The molecule has 1 aromatic carbocycles. The molecule has 9 nitrogen and oxygen atoms in total. The van der Waals surface area contributed by atoms with Crippen molar-refractivity contribution < 1.29 is 27.5 Å². The summed E-state index contributed by atoms with van der Waals surface area (Å²) in [4.78, 5) is 29.2. The van der Waals surface area contributed by atoms with E-state index in [9.17, 15) is 18.0 Å². The summed E-state index contributed by atoms with van der Waals surface area (Å²) in [5.41, 5.74) is 1.67. The quantitative estimate of drug-likeness (QED) is 0.574. The predicted molar refractivity (Wildman–Crippen MR) is 129 cm³/mol. The smallest absolute Gasteiger partial charge is 0.341 e. The van der Waals surface area contributed by atoms with Gasteiger partial charge in [0.1, 0.15) is 5.00 Å². The molecule has 0 atom stereocenters. The van der Waals surface area contributed by atoms with Crippen LogP contribution in [0.25, 0.3) is 0 Å². The van der Waals surface area contributed by atoms with Crippen molar-refractivity contribution in [2.45, 2.75) is 31.7 Å². The zero-order valence-electron chi connectivity index (χ0n) is 19.3. The van der Waals surface area contributed by atoms with Gasteiger partial charge >= 0.3 is 5.97 Å². The maximum atomic E-state index is 13.0. The number of benzene rings is 1. The molecule has 0 unspecified atom stereocenters. The van der Waals surface area contributed by atoms with Crippen molar-refractivity contribution >= 4 is 38.2 Å². The van der Waals surface area contributed by atoms with Crippen molar-refractivity contribution in [2.75, 3.05) is 51.3 Å². The van der Waals surface area contributed by atoms with Gasteiger partial charge in [-0.1, -0.05) is 6.92 Å². The fourth-order valence-corrected chi connectivity index (χ4v) is 6.80. The summed E-state index contributed by atoms with van der Waals surface area (Å²) in [5, 5.41) is 3.33. The van der Waals surface area contributed by atoms with Gasteiger partial charge in [-0.3, -0.25) is 9.69 Å². The number of morpholine rings is 1. The van der Waals surface area contributed by atoms with Gasteiger partial charge in [-0.15, -0.1) is 11.3 Å². The Morgan fingerprint density at radius 2 is 1.82 bits per heavy atom. The molecule has 0 spiro atoms. The second-order valence-corrected chi connectivity index (χ2v) is 11.1. The van der Waals surface area contributed by atoms with Gasteiger partial charge in [0, 0.05) is 36.6 Å². The van der Waals surface area contributed by atoms with Crippen molar-refractivity contribution in [3.63, 3.8) is 0 Å². The lowest BCUT2D eigenvalue weighted by molar-refractivity contribution is 0.0526. The fourth-order valence-electron chi connectivity index (χ4n) is 4.12. The lowest BCUT2D eigenvalue weighted by Crippen LogP contribution is -2.40. The first-order valence-electron chi connectivity index (χ1n) is 11.4. The fraction of sp³-hybridized carbons (Fsp3) is 0.478. The Bertz CT molecular complexity index is 1150. The number of fused-ring (bicyclic) bond motifs is 1. The molecule has 1 saturated heterocycles. The molecule has 34 heavy (non-hydrogen) atoms. The van der Waals surface area contributed by atoms with E-state index in [1.165, 1.54) is 39.9 Å². The number of anilines is 1. The van der Waals surface area contributed by atoms with Crippen molar-refractivity contribution in [3.05, 3.63) is 45.8 Å². The summed E-state index contributed by atoms with van der Waals surface area (Å²) in [5.74, 6) is -0.848. The van der Waals surface area contributed by atoms with E-state index in [-0.39, 0.29) is 11.5 Å². The van der Waals surface area contributed by atoms with Crippen LogP contribution >= 0.6 is 11.3 Å². The molecule has 11 heteroatoms. The minimum absolute atomic E-state index is 0.129. The SMILES string of the molecule is CCOC(=O)c1c(NC(=O)c2ccc(S(=O)(=O)N3CCOCC3)cc2)sc2c1CCN(CC)C2. The van der Waals surface area contributed by atoms with Crippen LogP contribution in [-0.2, 0) is 32.5 Å². The van der Waals surface area contributed by atoms with Crippen LogP contribution in [0.1, 0.15) is 45.0 Å². The number of thiophene rings is 1. The van der Waals surface area contributed by atoms with Crippen LogP contribution in [0.3, 0.4) is 0 Å².